The first-order valence-corrected chi connectivity index (χ1v) is 26.6. The van der Waals surface area contributed by atoms with E-state index < -0.39 is 184 Å². The molecule has 4 aliphatic rings. The van der Waals surface area contributed by atoms with Crippen LogP contribution in [0.5, 0.6) is 0 Å². The van der Waals surface area contributed by atoms with Crippen LogP contribution < -0.4 is 0 Å². The second-order valence-corrected chi connectivity index (χ2v) is 21.2. The third-order valence-electron chi connectivity index (χ3n) is 14.8. The Morgan fingerprint density at radius 2 is 1.24 bits per heavy atom. The van der Waals surface area contributed by atoms with Gasteiger partial charge >= 0.3 is 11.9 Å². The lowest BCUT2D eigenvalue weighted by molar-refractivity contribution is -0.335. The Kier molecular flexibility index (Phi) is 27.0. The van der Waals surface area contributed by atoms with Gasteiger partial charge < -0.3 is 99.9 Å². The first-order valence-electron chi connectivity index (χ1n) is 26.6. The van der Waals surface area contributed by atoms with Crippen molar-refractivity contribution >= 4 is 11.9 Å². The van der Waals surface area contributed by atoms with Gasteiger partial charge in [0.25, 0.3) is 0 Å². The lowest BCUT2D eigenvalue weighted by Gasteiger charge is -2.49. The molecule has 23 heteroatoms. The summed E-state index contributed by atoms with van der Waals surface area (Å²) < 4.78 is 34.3. The predicted octanol–water partition coefficient (Wildman–Crippen LogP) is -1.43. The molecule has 0 aliphatic carbocycles. The summed E-state index contributed by atoms with van der Waals surface area (Å²) in [6.07, 6.45) is -3.31. The first-order chi connectivity index (χ1) is 36.7. The molecular weight excluding hydrogens is 1030 g/mol. The molecule has 0 aromatic carbocycles. The molecule has 444 valence electrons. The number of aliphatic hydroxyl groups is 14. The number of ether oxygens (including phenoxy) is 6. The first kappa shape index (κ1) is 66.9. The van der Waals surface area contributed by atoms with Gasteiger partial charge in [-0.1, -0.05) is 98.9 Å². The van der Waals surface area contributed by atoms with Gasteiger partial charge in [-0.25, -0.2) is 0 Å². The number of esters is 2. The average molecular weight is 1110 g/mol. The van der Waals surface area contributed by atoms with E-state index in [1.54, 1.807) is 86.8 Å². The van der Waals surface area contributed by atoms with Crippen molar-refractivity contribution in [2.75, 3.05) is 27.3 Å². The molecule has 23 atom stereocenters. The second kappa shape index (κ2) is 31.5. The minimum absolute atomic E-state index is 0.132. The number of hydrogen-bond acceptors (Lipinski definition) is 23. The highest BCUT2D eigenvalue weighted by atomic mass is 16.7. The van der Waals surface area contributed by atoms with Gasteiger partial charge in [0.05, 0.1) is 99.9 Å². The third kappa shape index (κ3) is 19.8. The Balaban J connectivity index is 1.63. The van der Waals surface area contributed by atoms with E-state index in [0.29, 0.717) is 0 Å². The molecule has 78 heavy (non-hydrogen) atoms. The maximum atomic E-state index is 13.3. The van der Waals surface area contributed by atoms with Gasteiger partial charge in [-0.05, 0) is 40.2 Å². The van der Waals surface area contributed by atoms with E-state index >= 15 is 0 Å². The smallest absolute Gasteiger partial charge is 0.313 e. The number of cyclic esters (lactones) is 1. The van der Waals surface area contributed by atoms with Crippen LogP contribution in [-0.2, 0) is 38.0 Å². The molecular formula is C55H87NO22. The van der Waals surface area contributed by atoms with Gasteiger partial charge in [-0.15, -0.1) is 0 Å². The molecule has 0 radical (unpaired) electrons. The van der Waals surface area contributed by atoms with Gasteiger partial charge in [0.2, 0.25) is 5.79 Å². The fraction of sp³-hybridized carbons (Fsp3) is 0.709. The molecule has 4 rings (SSSR count). The van der Waals surface area contributed by atoms with E-state index in [4.69, 9.17) is 28.4 Å². The van der Waals surface area contributed by atoms with Crippen LogP contribution in [-0.4, -0.2) is 237 Å². The normalized spacial score (nSPS) is 45.9. The predicted molar refractivity (Wildman–Crippen MR) is 279 cm³/mol. The third-order valence-corrected chi connectivity index (χ3v) is 14.8. The molecule has 4 aliphatic heterocycles. The van der Waals surface area contributed by atoms with Gasteiger partial charge in [0.15, 0.2) is 12.1 Å². The molecule has 0 unspecified atom stereocenters. The monoisotopic (exact) mass is 1110 g/mol. The SMILES string of the molecule is COC(=O)[C@H]1[C@@H]2C[C@@H](O[C@@H]3O[C@H](C)[C@@H](O)[C@H](N(C)C[C@@]4(O)OC[C@@H](O)[C@@H](O)[C@@H]4O)[C@@H]3O)/C=C/C=C/C=C/C=C/C=C/C=C/C=C/[C@H](C)[C@@H](O)[C@@H](C)[C@H](C)OC(=O)C[C@H](O)C[C@H](O)CC[C@@H](O)[C@H](O)C[C@H](O)C[C@](O)(C[C@@H]1O)O2. The molecule has 4 heterocycles. The molecule has 0 aromatic rings. The summed E-state index contributed by atoms with van der Waals surface area (Å²) in [5.41, 5.74) is 0. The lowest BCUT2D eigenvalue weighted by Crippen LogP contribution is -2.69. The molecule has 0 aromatic heterocycles. The van der Waals surface area contributed by atoms with E-state index in [9.17, 15) is 81.1 Å². The molecule has 3 saturated heterocycles. The van der Waals surface area contributed by atoms with Crippen molar-refractivity contribution in [2.45, 2.75) is 201 Å². The number of rotatable bonds is 6. The summed E-state index contributed by atoms with van der Waals surface area (Å²) in [5.74, 6) is -8.73. The maximum absolute atomic E-state index is 13.3. The quantitative estimate of drug-likeness (QED) is 0.136. The highest BCUT2D eigenvalue weighted by Crippen LogP contribution is 2.39. The molecule has 23 nitrogen and oxygen atoms in total. The Hall–Kier alpha value is -3.64. The molecule has 14 N–H and O–H groups in total. The van der Waals surface area contributed by atoms with Crippen molar-refractivity contribution in [1.29, 1.82) is 0 Å². The summed E-state index contributed by atoms with van der Waals surface area (Å²) in [4.78, 5) is 27.3. The van der Waals surface area contributed by atoms with Crippen molar-refractivity contribution in [2.24, 2.45) is 17.8 Å². The van der Waals surface area contributed by atoms with Crippen molar-refractivity contribution in [3.8, 4) is 0 Å². The van der Waals surface area contributed by atoms with E-state index in [-0.39, 0.29) is 31.6 Å². The topological polar surface area (TPSA) is 376 Å². The minimum Gasteiger partial charge on any atom is -0.469 e. The zero-order valence-electron chi connectivity index (χ0n) is 45.3. The number of methoxy groups -OCH3 is 1. The van der Waals surface area contributed by atoms with Crippen molar-refractivity contribution in [1.82, 2.24) is 4.90 Å². The van der Waals surface area contributed by atoms with E-state index in [0.717, 1.165) is 7.11 Å². The highest BCUT2D eigenvalue weighted by molar-refractivity contribution is 5.74. The van der Waals surface area contributed by atoms with Gasteiger partial charge in [0, 0.05) is 37.5 Å². The Morgan fingerprint density at radius 1 is 0.654 bits per heavy atom. The van der Waals surface area contributed by atoms with Gasteiger partial charge in [0.1, 0.15) is 36.4 Å². The Morgan fingerprint density at radius 3 is 1.85 bits per heavy atom. The summed E-state index contributed by atoms with van der Waals surface area (Å²) in [6.45, 7) is 5.54. The number of nitrogens with zero attached hydrogens (tertiary/aromatic N) is 1. The number of hydrogen-bond donors (Lipinski definition) is 14. The van der Waals surface area contributed by atoms with E-state index in [2.05, 4.69) is 0 Å². The molecule has 0 amide bonds. The zero-order valence-corrected chi connectivity index (χ0v) is 45.3. The molecule has 0 spiro atoms. The van der Waals surface area contributed by atoms with Crippen LogP contribution in [0.1, 0.15) is 79.1 Å². The van der Waals surface area contributed by atoms with Crippen molar-refractivity contribution in [3.63, 3.8) is 0 Å². The average Bonchev–Trinajstić information content (AvgIpc) is 3.42. The number of allylic oxidation sites excluding steroid dienone is 12. The van der Waals surface area contributed by atoms with Crippen LogP contribution in [0.25, 0.3) is 0 Å². The van der Waals surface area contributed by atoms with Crippen LogP contribution >= 0.6 is 0 Å². The van der Waals surface area contributed by atoms with Crippen LogP contribution in [0.15, 0.2) is 85.1 Å². The summed E-state index contributed by atoms with van der Waals surface area (Å²) in [5, 5.41) is 154. The fourth-order valence-corrected chi connectivity index (χ4v) is 10.0. The van der Waals surface area contributed by atoms with Gasteiger partial charge in [-0.2, -0.15) is 0 Å². The minimum atomic E-state index is -2.45. The summed E-state index contributed by atoms with van der Waals surface area (Å²) >= 11 is 0. The number of carbonyl (C=O) groups is 2. The van der Waals surface area contributed by atoms with Gasteiger partial charge in [-0.3, -0.25) is 14.5 Å². The Labute approximate surface area is 455 Å². The molecule has 3 fully saturated rings. The maximum Gasteiger partial charge on any atom is 0.313 e. The Bertz CT molecular complexity index is 2050. The molecule has 0 saturated carbocycles. The van der Waals surface area contributed by atoms with Crippen molar-refractivity contribution < 1.29 is 110 Å². The molecule has 2 bridgehead atoms. The zero-order chi connectivity index (χ0) is 58.1. The number of carbonyl (C=O) groups excluding carboxylic acids is 2. The van der Waals surface area contributed by atoms with E-state index in [1.807, 2.05) is 13.0 Å². The van der Waals surface area contributed by atoms with Crippen LogP contribution in [0.4, 0.5) is 0 Å². The standard InChI is InChI=1S/C55H87NO22/c1-31-19-17-15-13-11-9-7-8-10-12-14-16-18-20-38(77-53-50(68)46(48(66)34(4)76-53)56(5)30-55(72)51(69)49(67)42(63)29-74-55)26-43-45(52(70)73-6)41(62)28-54(71,78-43)27-37(59)24-40(61)39(60)22-21-35(57)23-36(58)25-44(64)75-33(3)32(2)47(31)65/h7-20,31-43,45-51,53,57-63,65-69,71-72H,21-30H2,1-6H3/b8-7+,11-9+,12-10+,15-13+,16-14+,19-17+,20-18+/t31-,32-,33-,34+,35+,36+,37-,38-,39+,40+,41-,42+,43-,45+,46-,47+,48+,49+,50-,51-,53-,54+,55+/m0/s1. The van der Waals surface area contributed by atoms with Crippen LogP contribution in [0, 0.1) is 17.8 Å². The van der Waals surface area contributed by atoms with Crippen LogP contribution in [0.3, 0.4) is 0 Å². The number of likely N-dealkylation sites (N-methyl/N-ethyl adjacent to an activating group) is 1. The van der Waals surface area contributed by atoms with Crippen molar-refractivity contribution in [3.05, 3.63) is 85.1 Å². The number of fused-ring (bicyclic) bond motifs is 2. The lowest BCUT2D eigenvalue weighted by atomic mass is 9.82. The summed E-state index contributed by atoms with van der Waals surface area (Å²) in [7, 11) is 2.47. The second-order valence-electron chi connectivity index (χ2n) is 21.2. The van der Waals surface area contributed by atoms with E-state index in [1.165, 1.54) is 24.9 Å². The highest BCUT2D eigenvalue weighted by Gasteiger charge is 2.54. The van der Waals surface area contributed by atoms with Crippen LogP contribution in [0.2, 0.25) is 0 Å². The largest absolute Gasteiger partial charge is 0.469 e. The summed E-state index contributed by atoms with van der Waals surface area (Å²) in [6, 6.07) is -1.29. The number of aliphatic hydroxyl groups excluding tert-OH is 12. The fourth-order valence-electron chi connectivity index (χ4n) is 10.0.